The molecule has 0 aromatic heterocycles. The maximum atomic E-state index is 11.7. The minimum absolute atomic E-state index is 0.137. The molecule has 11 nitrogen and oxygen atoms in total. The molecule has 1 saturated heterocycles. The van der Waals surface area contributed by atoms with Gasteiger partial charge in [0, 0.05) is 0 Å². The standard InChI is InChI=1S/C8H14O11P2/c1-3-15-7(9)5-6(8(10)16-4-2)18-21(13,14)19-20(11,12)17-5/h5-6H,3-4H2,1-2H3,(H,11,12)(H,13,14)/t5-,6-/m1/s1. The van der Waals surface area contributed by atoms with Crippen LogP contribution in [0, 0.1) is 0 Å². The fraction of sp³-hybridized carbons (Fsp3) is 0.750. The van der Waals surface area contributed by atoms with Crippen molar-refractivity contribution < 1.29 is 51.3 Å². The average Bonchev–Trinajstić information content (AvgIpc) is 2.42. The minimum atomic E-state index is -5.13. The van der Waals surface area contributed by atoms with Gasteiger partial charge < -0.3 is 19.3 Å². The number of hydrogen-bond acceptors (Lipinski definition) is 9. The van der Waals surface area contributed by atoms with Gasteiger partial charge in [0.05, 0.1) is 13.2 Å². The molecule has 1 fully saturated rings. The second-order valence-corrected chi connectivity index (χ2v) is 6.52. The SMILES string of the molecule is CCOC(=O)[C@@H]1OP(=O)(O)OP(=O)(O)O[C@H]1C(=O)OCC. The van der Waals surface area contributed by atoms with Crippen LogP contribution in [0.15, 0.2) is 0 Å². The Hall–Kier alpha value is -0.800. The molecule has 122 valence electrons. The Morgan fingerprint density at radius 2 is 1.29 bits per heavy atom. The number of ether oxygens (including phenoxy) is 2. The van der Waals surface area contributed by atoms with E-state index in [1.54, 1.807) is 0 Å². The van der Waals surface area contributed by atoms with Crippen LogP contribution in [0.2, 0.25) is 0 Å². The smallest absolute Gasteiger partial charge is 0.464 e. The van der Waals surface area contributed by atoms with Gasteiger partial charge in [-0.1, -0.05) is 0 Å². The first-order valence-corrected chi connectivity index (χ1v) is 8.68. The van der Waals surface area contributed by atoms with Gasteiger partial charge in [-0.3, -0.25) is 9.05 Å². The quantitative estimate of drug-likeness (QED) is 0.525. The third-order valence-corrected chi connectivity index (χ3v) is 4.65. The first-order chi connectivity index (χ1) is 9.62. The summed E-state index contributed by atoms with van der Waals surface area (Å²) in [6.07, 6.45) is -4.19. The van der Waals surface area contributed by atoms with Crippen molar-refractivity contribution in [1.82, 2.24) is 0 Å². The molecular formula is C8H14O11P2. The molecule has 1 aliphatic rings. The molecule has 1 aliphatic heterocycles. The third kappa shape index (κ3) is 5.15. The lowest BCUT2D eigenvalue weighted by Gasteiger charge is -2.20. The van der Waals surface area contributed by atoms with E-state index in [0.717, 1.165) is 0 Å². The molecule has 21 heavy (non-hydrogen) atoms. The molecule has 0 aliphatic carbocycles. The van der Waals surface area contributed by atoms with E-state index >= 15 is 0 Å². The highest BCUT2D eigenvalue weighted by atomic mass is 31.3. The number of phosphoric ester groups is 2. The van der Waals surface area contributed by atoms with Crippen molar-refractivity contribution in [2.24, 2.45) is 0 Å². The van der Waals surface area contributed by atoms with Crippen molar-refractivity contribution in [3.63, 3.8) is 0 Å². The summed E-state index contributed by atoms with van der Waals surface area (Å²) in [6.45, 7) is 2.59. The van der Waals surface area contributed by atoms with E-state index in [9.17, 15) is 28.5 Å². The van der Waals surface area contributed by atoms with Crippen molar-refractivity contribution in [3.8, 4) is 0 Å². The molecule has 0 aromatic carbocycles. The number of carbonyl (C=O) groups is 2. The van der Waals surface area contributed by atoms with Crippen LogP contribution in [0.1, 0.15) is 13.8 Å². The van der Waals surface area contributed by atoms with Crippen LogP contribution in [-0.4, -0.2) is 47.1 Å². The molecule has 1 heterocycles. The summed E-state index contributed by atoms with van der Waals surface area (Å²) >= 11 is 0. The van der Waals surface area contributed by atoms with Gasteiger partial charge in [0.15, 0.2) is 0 Å². The number of rotatable bonds is 4. The Morgan fingerprint density at radius 3 is 1.57 bits per heavy atom. The minimum Gasteiger partial charge on any atom is -0.464 e. The second kappa shape index (κ2) is 6.97. The van der Waals surface area contributed by atoms with Crippen LogP contribution in [-0.2, 0) is 41.6 Å². The van der Waals surface area contributed by atoms with E-state index in [2.05, 4.69) is 22.8 Å². The average molecular weight is 348 g/mol. The molecule has 0 radical (unpaired) electrons. The van der Waals surface area contributed by atoms with Gasteiger partial charge in [0.1, 0.15) is 0 Å². The third-order valence-electron chi connectivity index (χ3n) is 2.01. The molecule has 0 aromatic rings. The van der Waals surface area contributed by atoms with Crippen LogP contribution in [0.25, 0.3) is 0 Å². The topological polar surface area (TPSA) is 155 Å². The van der Waals surface area contributed by atoms with Crippen molar-refractivity contribution in [2.45, 2.75) is 26.1 Å². The van der Waals surface area contributed by atoms with E-state index in [-0.39, 0.29) is 13.2 Å². The van der Waals surface area contributed by atoms with Gasteiger partial charge in [-0.25, -0.2) is 18.7 Å². The zero-order valence-corrected chi connectivity index (χ0v) is 12.8. The fourth-order valence-electron chi connectivity index (χ4n) is 1.35. The first-order valence-electron chi connectivity index (χ1n) is 5.69. The van der Waals surface area contributed by atoms with Crippen molar-refractivity contribution in [3.05, 3.63) is 0 Å². The lowest BCUT2D eigenvalue weighted by molar-refractivity contribution is -0.168. The highest BCUT2D eigenvalue weighted by Gasteiger charge is 2.53. The van der Waals surface area contributed by atoms with Gasteiger partial charge in [-0.05, 0) is 13.8 Å². The largest absolute Gasteiger partial charge is 0.482 e. The molecule has 0 amide bonds. The Balaban J connectivity index is 3.17. The molecule has 0 saturated carbocycles. The molecule has 2 unspecified atom stereocenters. The van der Waals surface area contributed by atoms with Gasteiger partial charge in [-0.2, -0.15) is 4.31 Å². The molecular weight excluding hydrogens is 334 g/mol. The summed E-state index contributed by atoms with van der Waals surface area (Å²) in [5.74, 6) is -2.51. The normalized spacial score (nSPS) is 36.6. The van der Waals surface area contributed by atoms with E-state index in [1.807, 2.05) is 0 Å². The molecule has 2 N–H and O–H groups in total. The number of phosphoric acid groups is 2. The summed E-state index contributed by atoms with van der Waals surface area (Å²) in [5.41, 5.74) is 0. The van der Waals surface area contributed by atoms with Crippen molar-refractivity contribution in [1.29, 1.82) is 0 Å². The maximum absolute atomic E-state index is 11.7. The van der Waals surface area contributed by atoms with Gasteiger partial charge in [0.2, 0.25) is 12.2 Å². The lowest BCUT2D eigenvalue weighted by Crippen LogP contribution is -2.43. The van der Waals surface area contributed by atoms with Crippen LogP contribution in [0.3, 0.4) is 0 Å². The Bertz CT molecular complexity index is 458. The Labute approximate surface area is 119 Å². The van der Waals surface area contributed by atoms with E-state index < -0.39 is 39.8 Å². The summed E-state index contributed by atoms with van der Waals surface area (Å²) in [4.78, 5) is 41.8. The maximum Gasteiger partial charge on any atom is 0.482 e. The first kappa shape index (κ1) is 18.2. The molecule has 0 bridgehead atoms. The zero-order chi connectivity index (χ0) is 16.3. The fourth-order valence-corrected chi connectivity index (χ4v) is 3.67. The lowest BCUT2D eigenvalue weighted by atomic mass is 10.2. The van der Waals surface area contributed by atoms with Crippen LogP contribution in [0.5, 0.6) is 0 Å². The number of hydrogen-bond donors (Lipinski definition) is 2. The summed E-state index contributed by atoms with van der Waals surface area (Å²) < 4.78 is 44.6. The molecule has 1 rings (SSSR count). The number of carbonyl (C=O) groups excluding carboxylic acids is 2. The Kier molecular flexibility index (Phi) is 6.06. The Morgan fingerprint density at radius 1 is 0.952 bits per heavy atom. The molecule has 0 spiro atoms. The molecule has 4 atom stereocenters. The van der Waals surface area contributed by atoms with E-state index in [1.165, 1.54) is 13.8 Å². The highest BCUT2D eigenvalue weighted by Crippen LogP contribution is 2.64. The number of esters is 2. The van der Waals surface area contributed by atoms with Gasteiger partial charge in [-0.15, -0.1) is 0 Å². The van der Waals surface area contributed by atoms with Gasteiger partial charge in [0.25, 0.3) is 0 Å². The zero-order valence-electron chi connectivity index (χ0n) is 11.0. The van der Waals surface area contributed by atoms with Crippen molar-refractivity contribution >= 4 is 27.6 Å². The van der Waals surface area contributed by atoms with E-state index in [0.29, 0.717) is 0 Å². The highest BCUT2D eigenvalue weighted by molar-refractivity contribution is 7.61. The summed E-state index contributed by atoms with van der Waals surface area (Å²) in [5, 5.41) is 0. The molecule has 13 heteroatoms. The van der Waals surface area contributed by atoms with E-state index in [4.69, 9.17) is 0 Å². The monoisotopic (exact) mass is 348 g/mol. The summed E-state index contributed by atoms with van der Waals surface area (Å²) in [6, 6.07) is 0. The summed E-state index contributed by atoms with van der Waals surface area (Å²) in [7, 11) is -10.3. The predicted octanol–water partition coefficient (Wildman–Crippen LogP) is 0.114. The van der Waals surface area contributed by atoms with Crippen LogP contribution >= 0.6 is 15.6 Å². The van der Waals surface area contributed by atoms with Crippen LogP contribution in [0.4, 0.5) is 0 Å². The second-order valence-electron chi connectivity index (χ2n) is 3.57. The van der Waals surface area contributed by atoms with Crippen LogP contribution < -0.4 is 0 Å². The van der Waals surface area contributed by atoms with Gasteiger partial charge >= 0.3 is 27.6 Å². The van der Waals surface area contributed by atoms with Crippen molar-refractivity contribution in [2.75, 3.05) is 13.2 Å². The predicted molar refractivity (Wildman–Crippen MR) is 63.7 cm³/mol.